The number of amides is 1. The van der Waals surface area contributed by atoms with Crippen molar-refractivity contribution in [2.45, 2.75) is 38.6 Å². The average Bonchev–Trinajstić information content (AvgIpc) is 2.51. The van der Waals surface area contributed by atoms with Crippen LogP contribution in [0.2, 0.25) is 0 Å². The standard InChI is InChI=1S/C18H23NO/c20-18-17(16-10-5-2-6-11-16)12-7-13-19(18)14-15-8-3-1-4-9-15/h1,3-5,8-10,16-17H,2,6-7,11-14H2. The normalized spacial score (nSPS) is 26.8. The first-order chi connectivity index (χ1) is 9.84. The van der Waals surface area contributed by atoms with Gasteiger partial charge in [-0.1, -0.05) is 42.5 Å². The van der Waals surface area contributed by atoms with Gasteiger partial charge in [-0.25, -0.2) is 0 Å². The Morgan fingerprint density at radius 1 is 1.10 bits per heavy atom. The van der Waals surface area contributed by atoms with E-state index >= 15 is 0 Å². The SMILES string of the molecule is O=C1C(C2C=CCCC2)CCCN1Cc1ccccc1. The quantitative estimate of drug-likeness (QED) is 0.765. The van der Waals surface area contributed by atoms with Gasteiger partial charge in [-0.3, -0.25) is 4.79 Å². The maximum Gasteiger partial charge on any atom is 0.226 e. The minimum absolute atomic E-state index is 0.226. The second kappa shape index (κ2) is 6.25. The summed E-state index contributed by atoms with van der Waals surface area (Å²) in [5.74, 6) is 1.08. The summed E-state index contributed by atoms with van der Waals surface area (Å²) >= 11 is 0. The van der Waals surface area contributed by atoms with E-state index in [1.807, 2.05) is 18.2 Å². The molecule has 2 heteroatoms. The number of hydrogen-bond donors (Lipinski definition) is 0. The van der Waals surface area contributed by atoms with Gasteiger partial charge in [0.2, 0.25) is 5.91 Å². The van der Waals surface area contributed by atoms with Gasteiger partial charge < -0.3 is 4.90 Å². The molecule has 2 atom stereocenters. The summed E-state index contributed by atoms with van der Waals surface area (Å²) in [6.45, 7) is 1.69. The van der Waals surface area contributed by atoms with Crippen molar-refractivity contribution in [2.24, 2.45) is 11.8 Å². The molecule has 2 unspecified atom stereocenters. The Hall–Kier alpha value is -1.57. The molecule has 1 aromatic carbocycles. The third kappa shape index (κ3) is 2.95. The summed E-state index contributed by atoms with van der Waals surface area (Å²) in [5, 5.41) is 0. The summed E-state index contributed by atoms with van der Waals surface area (Å²) in [6, 6.07) is 10.3. The topological polar surface area (TPSA) is 20.3 Å². The lowest BCUT2D eigenvalue weighted by molar-refractivity contribution is -0.140. The highest BCUT2D eigenvalue weighted by molar-refractivity contribution is 5.80. The number of nitrogens with zero attached hydrogens (tertiary/aromatic N) is 1. The van der Waals surface area contributed by atoms with E-state index in [1.165, 1.54) is 24.8 Å². The second-order valence-corrected chi connectivity index (χ2v) is 6.02. The Morgan fingerprint density at radius 2 is 1.95 bits per heavy atom. The van der Waals surface area contributed by atoms with Crippen LogP contribution in [0.5, 0.6) is 0 Å². The van der Waals surface area contributed by atoms with Crippen molar-refractivity contribution in [3.63, 3.8) is 0 Å². The average molecular weight is 269 g/mol. The van der Waals surface area contributed by atoms with Crippen LogP contribution in [0.1, 0.15) is 37.7 Å². The zero-order valence-electron chi connectivity index (χ0n) is 12.0. The molecule has 2 nitrogen and oxygen atoms in total. The fourth-order valence-corrected chi connectivity index (χ4v) is 3.50. The number of hydrogen-bond acceptors (Lipinski definition) is 1. The zero-order chi connectivity index (χ0) is 13.8. The van der Waals surface area contributed by atoms with E-state index in [-0.39, 0.29) is 5.92 Å². The number of carbonyl (C=O) groups is 1. The number of carbonyl (C=O) groups excluding carboxylic acids is 1. The molecule has 0 aromatic heterocycles. The highest BCUT2D eigenvalue weighted by Gasteiger charge is 2.33. The fraction of sp³-hybridized carbons (Fsp3) is 0.500. The molecule has 1 saturated heterocycles. The molecular weight excluding hydrogens is 246 g/mol. The van der Waals surface area contributed by atoms with Crippen LogP contribution in [0.3, 0.4) is 0 Å². The smallest absolute Gasteiger partial charge is 0.226 e. The third-order valence-corrected chi connectivity index (χ3v) is 4.60. The zero-order valence-corrected chi connectivity index (χ0v) is 12.0. The first-order valence-electron chi connectivity index (χ1n) is 7.84. The van der Waals surface area contributed by atoms with Crippen LogP contribution < -0.4 is 0 Å². The van der Waals surface area contributed by atoms with Gasteiger partial charge in [0.25, 0.3) is 0 Å². The molecule has 1 fully saturated rings. The lowest BCUT2D eigenvalue weighted by Crippen LogP contribution is -2.43. The maximum atomic E-state index is 12.7. The van der Waals surface area contributed by atoms with E-state index in [2.05, 4.69) is 29.2 Å². The molecule has 1 aliphatic heterocycles. The van der Waals surface area contributed by atoms with E-state index in [0.717, 1.165) is 25.9 Å². The molecule has 0 saturated carbocycles. The van der Waals surface area contributed by atoms with Crippen LogP contribution in [-0.2, 0) is 11.3 Å². The van der Waals surface area contributed by atoms with Crippen LogP contribution in [-0.4, -0.2) is 17.4 Å². The van der Waals surface area contributed by atoms with Crippen molar-refractivity contribution >= 4 is 5.91 Å². The number of likely N-dealkylation sites (tertiary alicyclic amines) is 1. The van der Waals surface area contributed by atoms with Crippen LogP contribution in [0.15, 0.2) is 42.5 Å². The molecule has 0 radical (unpaired) electrons. The van der Waals surface area contributed by atoms with Gasteiger partial charge in [0.1, 0.15) is 0 Å². The molecule has 1 aliphatic carbocycles. The number of piperidine rings is 1. The lowest BCUT2D eigenvalue weighted by Gasteiger charge is -2.36. The Bertz CT molecular complexity index is 479. The fourth-order valence-electron chi connectivity index (χ4n) is 3.50. The van der Waals surface area contributed by atoms with Gasteiger partial charge in [-0.15, -0.1) is 0 Å². The summed E-state index contributed by atoms with van der Waals surface area (Å²) in [6.07, 6.45) is 10.4. The first-order valence-corrected chi connectivity index (χ1v) is 7.84. The van der Waals surface area contributed by atoms with E-state index in [0.29, 0.717) is 11.8 Å². The first kappa shape index (κ1) is 13.4. The Kier molecular flexibility index (Phi) is 4.19. The van der Waals surface area contributed by atoms with Crippen molar-refractivity contribution in [3.8, 4) is 0 Å². The summed E-state index contributed by atoms with van der Waals surface area (Å²) in [5.41, 5.74) is 1.24. The van der Waals surface area contributed by atoms with Gasteiger partial charge in [0.15, 0.2) is 0 Å². The number of allylic oxidation sites excluding steroid dienone is 2. The Balaban J connectivity index is 1.68. The van der Waals surface area contributed by atoms with Gasteiger partial charge in [0.05, 0.1) is 0 Å². The molecule has 1 amide bonds. The van der Waals surface area contributed by atoms with Crippen molar-refractivity contribution in [3.05, 3.63) is 48.0 Å². The highest BCUT2D eigenvalue weighted by Crippen LogP contribution is 2.32. The van der Waals surface area contributed by atoms with E-state index in [4.69, 9.17) is 0 Å². The molecular formula is C18H23NO. The van der Waals surface area contributed by atoms with E-state index in [9.17, 15) is 4.79 Å². The van der Waals surface area contributed by atoms with E-state index < -0.39 is 0 Å². The predicted molar refractivity (Wildman–Crippen MR) is 81.1 cm³/mol. The van der Waals surface area contributed by atoms with Crippen molar-refractivity contribution in [1.82, 2.24) is 4.90 Å². The number of benzene rings is 1. The molecule has 1 aromatic rings. The van der Waals surface area contributed by atoms with E-state index in [1.54, 1.807) is 0 Å². The van der Waals surface area contributed by atoms with Crippen molar-refractivity contribution in [2.75, 3.05) is 6.54 Å². The predicted octanol–water partition coefficient (Wildman–Crippen LogP) is 3.78. The van der Waals surface area contributed by atoms with Crippen LogP contribution >= 0.6 is 0 Å². The monoisotopic (exact) mass is 269 g/mol. The lowest BCUT2D eigenvalue weighted by atomic mass is 9.79. The van der Waals surface area contributed by atoms with Crippen LogP contribution in [0.4, 0.5) is 0 Å². The summed E-state index contributed by atoms with van der Waals surface area (Å²) in [4.78, 5) is 14.8. The molecule has 3 rings (SSSR count). The molecule has 20 heavy (non-hydrogen) atoms. The Morgan fingerprint density at radius 3 is 2.70 bits per heavy atom. The van der Waals surface area contributed by atoms with Crippen LogP contribution in [0.25, 0.3) is 0 Å². The maximum absolute atomic E-state index is 12.7. The van der Waals surface area contributed by atoms with Gasteiger partial charge in [0, 0.05) is 19.0 Å². The summed E-state index contributed by atoms with van der Waals surface area (Å²) < 4.78 is 0. The Labute approximate surface area is 121 Å². The molecule has 1 heterocycles. The van der Waals surface area contributed by atoms with Gasteiger partial charge in [-0.2, -0.15) is 0 Å². The largest absolute Gasteiger partial charge is 0.338 e. The van der Waals surface area contributed by atoms with Crippen LogP contribution in [0, 0.1) is 11.8 Å². The summed E-state index contributed by atoms with van der Waals surface area (Å²) in [7, 11) is 0. The van der Waals surface area contributed by atoms with Gasteiger partial charge in [-0.05, 0) is 43.6 Å². The molecule has 2 aliphatic rings. The molecule has 0 spiro atoms. The molecule has 106 valence electrons. The van der Waals surface area contributed by atoms with Gasteiger partial charge >= 0.3 is 0 Å². The third-order valence-electron chi connectivity index (χ3n) is 4.60. The second-order valence-electron chi connectivity index (χ2n) is 6.02. The minimum Gasteiger partial charge on any atom is -0.338 e. The van der Waals surface area contributed by atoms with Crippen molar-refractivity contribution < 1.29 is 4.79 Å². The molecule has 0 bridgehead atoms. The molecule has 0 N–H and O–H groups in total. The van der Waals surface area contributed by atoms with Crippen molar-refractivity contribution in [1.29, 1.82) is 0 Å². The minimum atomic E-state index is 0.226. The highest BCUT2D eigenvalue weighted by atomic mass is 16.2. The number of rotatable bonds is 3.